The highest BCUT2D eigenvalue weighted by Crippen LogP contribution is 2.20. The topological polar surface area (TPSA) is 80.1 Å². The number of aromatic amines is 1. The van der Waals surface area contributed by atoms with Gasteiger partial charge in [-0.25, -0.2) is 0 Å². The molecule has 108 valence electrons. The molecule has 19 heavy (non-hydrogen) atoms. The van der Waals surface area contributed by atoms with E-state index >= 15 is 0 Å². The van der Waals surface area contributed by atoms with E-state index < -0.39 is 0 Å². The van der Waals surface area contributed by atoms with Gasteiger partial charge in [-0.3, -0.25) is 5.10 Å². The third-order valence-electron chi connectivity index (χ3n) is 3.80. The van der Waals surface area contributed by atoms with Crippen LogP contribution in [-0.2, 0) is 11.2 Å². The summed E-state index contributed by atoms with van der Waals surface area (Å²) in [6, 6.07) is 0. The first-order valence-electron chi connectivity index (χ1n) is 6.95. The van der Waals surface area contributed by atoms with Crippen LogP contribution in [0, 0.1) is 5.92 Å². The number of nitrogens with zero attached hydrogens (tertiary/aromatic N) is 3. The first kappa shape index (κ1) is 14.3. The smallest absolute Gasteiger partial charge is 0.244 e. The van der Waals surface area contributed by atoms with E-state index in [9.17, 15) is 0 Å². The maximum absolute atomic E-state index is 5.76. The van der Waals surface area contributed by atoms with Crippen LogP contribution in [0.2, 0.25) is 0 Å². The molecule has 1 atom stereocenters. The fourth-order valence-electron chi connectivity index (χ4n) is 2.42. The summed E-state index contributed by atoms with van der Waals surface area (Å²) in [5.41, 5.74) is 5.53. The molecular weight excluding hydrogens is 242 g/mol. The Bertz CT molecular complexity index is 403. The van der Waals surface area contributed by atoms with Crippen molar-refractivity contribution in [2.24, 2.45) is 11.7 Å². The Morgan fingerprint density at radius 2 is 2.32 bits per heavy atom. The van der Waals surface area contributed by atoms with Crippen LogP contribution in [0.15, 0.2) is 0 Å². The fourth-order valence-corrected chi connectivity index (χ4v) is 2.42. The number of aromatic nitrogens is 3. The van der Waals surface area contributed by atoms with Crippen LogP contribution in [-0.4, -0.2) is 47.5 Å². The molecule has 0 spiro atoms. The second kappa shape index (κ2) is 5.88. The maximum Gasteiger partial charge on any atom is 0.244 e. The lowest BCUT2D eigenvalue weighted by Gasteiger charge is -2.31. The van der Waals surface area contributed by atoms with Gasteiger partial charge < -0.3 is 15.4 Å². The van der Waals surface area contributed by atoms with Gasteiger partial charge in [0.05, 0.1) is 5.60 Å². The predicted octanol–water partition coefficient (Wildman–Crippen LogP) is 0.947. The summed E-state index contributed by atoms with van der Waals surface area (Å²) < 4.78 is 5.41. The fraction of sp³-hybridized carbons (Fsp3) is 0.846. The number of nitrogens with one attached hydrogen (secondary N) is 1. The largest absolute Gasteiger partial charge is 0.378 e. The molecule has 1 fully saturated rings. The van der Waals surface area contributed by atoms with Crippen LogP contribution in [0.25, 0.3) is 0 Å². The van der Waals surface area contributed by atoms with E-state index in [1.165, 1.54) is 6.42 Å². The number of methoxy groups -OCH3 is 1. The van der Waals surface area contributed by atoms with Gasteiger partial charge in [-0.1, -0.05) is 0 Å². The van der Waals surface area contributed by atoms with Gasteiger partial charge in [0.15, 0.2) is 0 Å². The molecule has 2 heterocycles. The van der Waals surface area contributed by atoms with Crippen molar-refractivity contribution in [1.82, 2.24) is 15.2 Å². The van der Waals surface area contributed by atoms with Crippen molar-refractivity contribution in [3.05, 3.63) is 5.82 Å². The van der Waals surface area contributed by atoms with Gasteiger partial charge in [0.2, 0.25) is 5.95 Å². The number of hydrogen-bond acceptors (Lipinski definition) is 5. The van der Waals surface area contributed by atoms with Crippen molar-refractivity contribution in [3.63, 3.8) is 0 Å². The quantitative estimate of drug-likeness (QED) is 0.830. The van der Waals surface area contributed by atoms with Crippen LogP contribution in [0.5, 0.6) is 0 Å². The van der Waals surface area contributed by atoms with Crippen molar-refractivity contribution in [3.8, 4) is 0 Å². The van der Waals surface area contributed by atoms with Crippen LogP contribution in [0.4, 0.5) is 5.95 Å². The molecule has 6 heteroatoms. The molecule has 0 aliphatic carbocycles. The molecule has 1 unspecified atom stereocenters. The molecule has 6 nitrogen and oxygen atoms in total. The minimum Gasteiger partial charge on any atom is -0.378 e. The molecule has 3 N–H and O–H groups in total. The van der Waals surface area contributed by atoms with Gasteiger partial charge in [0.25, 0.3) is 0 Å². The monoisotopic (exact) mass is 267 g/mol. The average Bonchev–Trinajstić information content (AvgIpc) is 2.86. The molecule has 1 saturated heterocycles. The zero-order chi connectivity index (χ0) is 13.9. The van der Waals surface area contributed by atoms with Gasteiger partial charge in [0, 0.05) is 26.6 Å². The van der Waals surface area contributed by atoms with Gasteiger partial charge in [-0.05, 0) is 39.2 Å². The molecule has 0 saturated carbocycles. The standard InChI is InChI=1S/C13H25N5O/c1-13(2,19-3)7-11-15-12(17-16-11)18-6-4-5-10(8-14)9-18/h10H,4-9,14H2,1-3H3,(H,15,16,17). The number of rotatable bonds is 5. The van der Waals surface area contributed by atoms with E-state index in [1.807, 2.05) is 13.8 Å². The number of piperidine rings is 1. The van der Waals surface area contributed by atoms with Crippen molar-refractivity contribution in [2.45, 2.75) is 38.7 Å². The molecule has 1 aliphatic rings. The Morgan fingerprint density at radius 1 is 1.53 bits per heavy atom. The molecule has 1 aliphatic heterocycles. The Hall–Kier alpha value is -1.14. The molecular formula is C13H25N5O. The number of anilines is 1. The molecule has 0 amide bonds. The minimum absolute atomic E-state index is 0.224. The van der Waals surface area contributed by atoms with Crippen molar-refractivity contribution >= 4 is 5.95 Å². The van der Waals surface area contributed by atoms with Crippen molar-refractivity contribution in [1.29, 1.82) is 0 Å². The molecule has 0 aromatic carbocycles. The predicted molar refractivity (Wildman–Crippen MR) is 75.2 cm³/mol. The SMILES string of the molecule is COC(C)(C)Cc1nc(N2CCCC(CN)C2)n[nH]1. The number of H-pyrrole nitrogens is 1. The summed E-state index contributed by atoms with van der Waals surface area (Å²) in [7, 11) is 1.72. The molecule has 0 bridgehead atoms. The van der Waals surface area contributed by atoms with Crippen molar-refractivity contribution in [2.75, 3.05) is 31.6 Å². The Labute approximate surface area is 114 Å². The summed E-state index contributed by atoms with van der Waals surface area (Å²) in [5.74, 6) is 2.22. The highest BCUT2D eigenvalue weighted by molar-refractivity contribution is 5.29. The summed E-state index contributed by atoms with van der Waals surface area (Å²) in [6.07, 6.45) is 3.10. The minimum atomic E-state index is -0.224. The van der Waals surface area contributed by atoms with E-state index in [0.717, 1.165) is 44.2 Å². The van der Waals surface area contributed by atoms with E-state index in [2.05, 4.69) is 20.1 Å². The third kappa shape index (κ3) is 3.67. The van der Waals surface area contributed by atoms with Gasteiger partial charge in [0.1, 0.15) is 5.82 Å². The van der Waals surface area contributed by atoms with Crippen molar-refractivity contribution < 1.29 is 4.74 Å². The summed E-state index contributed by atoms with van der Waals surface area (Å²) in [4.78, 5) is 6.80. The normalized spacial score (nSPS) is 20.8. The lowest BCUT2D eigenvalue weighted by Crippen LogP contribution is -2.39. The highest BCUT2D eigenvalue weighted by atomic mass is 16.5. The maximum atomic E-state index is 5.76. The number of nitrogens with two attached hydrogens (primary N) is 1. The second-order valence-electron chi connectivity index (χ2n) is 5.91. The van der Waals surface area contributed by atoms with Crippen LogP contribution < -0.4 is 10.6 Å². The first-order valence-corrected chi connectivity index (χ1v) is 6.95. The summed E-state index contributed by atoms with van der Waals surface area (Å²) in [6.45, 7) is 6.80. The zero-order valence-electron chi connectivity index (χ0n) is 12.1. The number of ether oxygens (including phenoxy) is 1. The van der Waals surface area contributed by atoms with E-state index in [-0.39, 0.29) is 5.60 Å². The second-order valence-corrected chi connectivity index (χ2v) is 5.91. The van der Waals surface area contributed by atoms with E-state index in [0.29, 0.717) is 5.92 Å². The third-order valence-corrected chi connectivity index (χ3v) is 3.80. The molecule has 1 aromatic rings. The highest BCUT2D eigenvalue weighted by Gasteiger charge is 2.24. The van der Waals surface area contributed by atoms with Gasteiger partial charge >= 0.3 is 0 Å². The summed E-state index contributed by atoms with van der Waals surface area (Å²) in [5, 5.41) is 7.33. The molecule has 0 radical (unpaired) electrons. The van der Waals surface area contributed by atoms with Gasteiger partial charge in [-0.2, -0.15) is 4.98 Å². The lowest BCUT2D eigenvalue weighted by molar-refractivity contribution is 0.0216. The van der Waals surface area contributed by atoms with Gasteiger partial charge in [-0.15, -0.1) is 5.10 Å². The summed E-state index contributed by atoms with van der Waals surface area (Å²) >= 11 is 0. The van der Waals surface area contributed by atoms with Crippen LogP contribution >= 0.6 is 0 Å². The number of hydrogen-bond donors (Lipinski definition) is 2. The Morgan fingerprint density at radius 3 is 3.00 bits per heavy atom. The lowest BCUT2D eigenvalue weighted by atomic mass is 9.99. The van der Waals surface area contributed by atoms with E-state index in [1.54, 1.807) is 7.11 Å². The molecule has 1 aromatic heterocycles. The Balaban J connectivity index is 2.00. The molecule has 2 rings (SSSR count). The van der Waals surface area contributed by atoms with Crippen LogP contribution in [0.3, 0.4) is 0 Å². The zero-order valence-corrected chi connectivity index (χ0v) is 12.1. The van der Waals surface area contributed by atoms with E-state index in [4.69, 9.17) is 10.5 Å². The van der Waals surface area contributed by atoms with Crippen LogP contribution in [0.1, 0.15) is 32.5 Å². The average molecular weight is 267 g/mol. The first-order chi connectivity index (χ1) is 9.04. The Kier molecular flexibility index (Phi) is 4.42.